The second-order valence-corrected chi connectivity index (χ2v) is 12.1. The quantitative estimate of drug-likeness (QED) is 0.379. The Morgan fingerprint density at radius 2 is 1.83 bits per heavy atom. The molecule has 1 aromatic carbocycles. The molecule has 2 aliphatic rings. The maximum Gasteiger partial charge on any atom is 0.416 e. The third-order valence-corrected chi connectivity index (χ3v) is 9.05. The molecule has 1 N–H and O–H groups in total. The van der Waals surface area contributed by atoms with Crippen LogP contribution in [0.1, 0.15) is 30.9 Å². The van der Waals surface area contributed by atoms with Gasteiger partial charge in [-0.15, -0.1) is 10.1 Å². The summed E-state index contributed by atoms with van der Waals surface area (Å²) in [5, 5.41) is 3.63. The van der Waals surface area contributed by atoms with Crippen molar-refractivity contribution >= 4 is 37.5 Å². The number of pyridine rings is 1. The van der Waals surface area contributed by atoms with Crippen molar-refractivity contribution in [2.75, 3.05) is 23.7 Å². The Labute approximate surface area is 206 Å². The lowest BCUT2D eigenvalue weighted by atomic mass is 10.0. The van der Waals surface area contributed by atoms with Gasteiger partial charge < -0.3 is 10.2 Å². The number of anilines is 1. The Hall–Kier alpha value is -2.37. The summed E-state index contributed by atoms with van der Waals surface area (Å²) in [6.07, 6.45) is -2.03. The van der Waals surface area contributed by atoms with Gasteiger partial charge in [0.1, 0.15) is 11.6 Å². The van der Waals surface area contributed by atoms with E-state index in [1.54, 1.807) is 0 Å². The van der Waals surface area contributed by atoms with Gasteiger partial charge in [0.15, 0.2) is 0 Å². The highest BCUT2D eigenvalue weighted by atomic mass is 35.7. The van der Waals surface area contributed by atoms with Crippen LogP contribution in [0, 0.1) is 5.82 Å². The second kappa shape index (κ2) is 8.94. The Balaban J connectivity index is 1.75. The molecular formula is C23H24ClF4N5OS. The maximum absolute atomic E-state index is 13.9. The molecule has 5 rings (SSSR count). The molecule has 0 saturated carbocycles. The van der Waals surface area contributed by atoms with E-state index in [2.05, 4.69) is 15.3 Å². The van der Waals surface area contributed by atoms with Crippen LogP contribution in [0.3, 0.4) is 0 Å². The Bertz CT molecular complexity index is 1340. The van der Waals surface area contributed by atoms with Gasteiger partial charge in [0.05, 0.1) is 17.3 Å². The highest BCUT2D eigenvalue weighted by molar-refractivity contribution is 8.36. The van der Waals surface area contributed by atoms with Crippen LogP contribution >= 0.6 is 20.8 Å². The van der Waals surface area contributed by atoms with Gasteiger partial charge >= 0.3 is 11.9 Å². The lowest BCUT2D eigenvalue weighted by molar-refractivity contribution is -0.137. The first kappa shape index (κ1) is 24.3. The number of halogens is 5. The molecule has 4 atom stereocenters. The van der Waals surface area contributed by atoms with Gasteiger partial charge in [-0.2, -0.15) is 18.2 Å². The zero-order valence-electron chi connectivity index (χ0n) is 19.0. The summed E-state index contributed by atoms with van der Waals surface area (Å²) in [6.45, 7) is 5.06. The van der Waals surface area contributed by atoms with Gasteiger partial charge in [0, 0.05) is 59.9 Å². The van der Waals surface area contributed by atoms with Crippen LogP contribution in [0.2, 0.25) is 0 Å². The molecule has 0 spiro atoms. The highest BCUT2D eigenvalue weighted by Crippen LogP contribution is 2.52. The summed E-state index contributed by atoms with van der Waals surface area (Å²) < 4.78 is 57.1. The van der Waals surface area contributed by atoms with Crippen molar-refractivity contribution in [2.45, 2.75) is 49.5 Å². The summed E-state index contributed by atoms with van der Waals surface area (Å²) in [6, 6.07) is 3.57. The topological polar surface area (TPSA) is 63.1 Å². The Morgan fingerprint density at radius 3 is 2.49 bits per heavy atom. The number of alkyl halides is 3. The van der Waals surface area contributed by atoms with E-state index in [-0.39, 0.29) is 40.5 Å². The smallest absolute Gasteiger partial charge is 0.353 e. The molecule has 1 unspecified atom stereocenters. The molecule has 0 amide bonds. The van der Waals surface area contributed by atoms with Gasteiger partial charge in [0.2, 0.25) is 0 Å². The van der Waals surface area contributed by atoms with Crippen LogP contribution in [-0.2, 0) is 12.7 Å². The second-order valence-electron chi connectivity index (χ2n) is 9.27. The first-order valence-corrected chi connectivity index (χ1v) is 13.6. The highest BCUT2D eigenvalue weighted by Gasteiger charge is 2.36. The molecule has 0 bridgehead atoms. The minimum Gasteiger partial charge on any atom is -0.353 e. The molecule has 0 radical (unpaired) electrons. The Morgan fingerprint density at radius 1 is 1.11 bits per heavy atom. The molecule has 1 saturated heterocycles. The minimum atomic E-state index is -4.60. The molecule has 3 aromatic rings. The SMILES string of the molecule is C[C@@H]1CN(c2nc(=O)n3c4c(cc(C(F)(F)F)cc24)[SH](Cl)C[C@@H](c2cncc(F)c2)C3)C[C@H](C)N1. The third-order valence-electron chi connectivity index (χ3n) is 6.46. The number of rotatable bonds is 2. The first-order chi connectivity index (χ1) is 16.5. The fourth-order valence-corrected chi connectivity index (χ4v) is 7.62. The van der Waals surface area contributed by atoms with Crippen LogP contribution in [0.25, 0.3) is 10.9 Å². The molecule has 188 valence electrons. The van der Waals surface area contributed by atoms with Gasteiger partial charge in [-0.25, -0.2) is 9.18 Å². The molecule has 12 heteroatoms. The van der Waals surface area contributed by atoms with Crippen molar-refractivity contribution < 1.29 is 17.6 Å². The average molecular weight is 530 g/mol. The molecule has 1 fully saturated rings. The molecule has 6 nitrogen and oxygen atoms in total. The normalized spacial score (nSPS) is 26.1. The van der Waals surface area contributed by atoms with Crippen molar-refractivity contribution in [3.8, 4) is 0 Å². The summed E-state index contributed by atoms with van der Waals surface area (Å²) in [7, 11) is 5.17. The van der Waals surface area contributed by atoms with Gasteiger partial charge in [-0.1, -0.05) is 10.7 Å². The number of benzene rings is 1. The number of aromatic nitrogens is 3. The van der Waals surface area contributed by atoms with Gasteiger partial charge in [-0.05, 0) is 37.6 Å². The van der Waals surface area contributed by atoms with Crippen LogP contribution in [0.4, 0.5) is 23.4 Å². The summed E-state index contributed by atoms with van der Waals surface area (Å²) in [4.78, 5) is 23.7. The van der Waals surface area contributed by atoms with Crippen molar-refractivity contribution in [3.63, 3.8) is 0 Å². The predicted molar refractivity (Wildman–Crippen MR) is 130 cm³/mol. The number of piperazine rings is 1. The van der Waals surface area contributed by atoms with Crippen molar-refractivity contribution in [1.82, 2.24) is 19.9 Å². The van der Waals surface area contributed by atoms with E-state index in [4.69, 9.17) is 10.7 Å². The van der Waals surface area contributed by atoms with E-state index in [1.807, 2.05) is 18.7 Å². The number of nitrogens with one attached hydrogen (secondary N) is 1. The van der Waals surface area contributed by atoms with E-state index in [0.717, 1.165) is 18.3 Å². The number of hydrogen-bond acceptors (Lipinski definition) is 5. The molecule has 0 aliphatic carbocycles. The largest absolute Gasteiger partial charge is 0.416 e. The van der Waals surface area contributed by atoms with E-state index >= 15 is 0 Å². The van der Waals surface area contributed by atoms with Crippen molar-refractivity contribution in [3.05, 3.63) is 58.0 Å². The van der Waals surface area contributed by atoms with E-state index in [9.17, 15) is 22.4 Å². The zero-order chi connectivity index (χ0) is 25.1. The predicted octanol–water partition coefficient (Wildman–Crippen LogP) is 4.45. The molecule has 2 aromatic heterocycles. The zero-order valence-corrected chi connectivity index (χ0v) is 20.6. The van der Waals surface area contributed by atoms with Crippen LogP contribution < -0.4 is 15.9 Å². The van der Waals surface area contributed by atoms with E-state index in [1.165, 1.54) is 16.8 Å². The lowest BCUT2D eigenvalue weighted by Gasteiger charge is -2.37. The van der Waals surface area contributed by atoms with Crippen molar-refractivity contribution in [1.29, 1.82) is 0 Å². The molecule has 35 heavy (non-hydrogen) atoms. The van der Waals surface area contributed by atoms with E-state index in [0.29, 0.717) is 24.2 Å². The first-order valence-electron chi connectivity index (χ1n) is 11.2. The minimum absolute atomic E-state index is 0.0639. The number of nitrogens with zero attached hydrogens (tertiary/aromatic N) is 4. The average Bonchev–Trinajstić information content (AvgIpc) is 2.92. The van der Waals surface area contributed by atoms with Crippen LogP contribution in [-0.4, -0.2) is 45.5 Å². The summed E-state index contributed by atoms with van der Waals surface area (Å²) >= 11 is 0. The standard InChI is InChI=1S/C23H24ClF4N5OS/c1-12-8-32(9-13(2)30-12)21-18-4-16(23(26,27)28)5-19-20(18)33(22(34)31-21)10-15(11-35(19)24)14-3-17(25)7-29-6-14/h3-7,12-13,15,30,35H,8-11H2,1-2H3/t12-,13+,15-/m0/s1. The number of thiol groups is 1. The lowest BCUT2D eigenvalue weighted by Crippen LogP contribution is -2.55. The van der Waals surface area contributed by atoms with Gasteiger partial charge in [-0.3, -0.25) is 9.55 Å². The molecular weight excluding hydrogens is 506 g/mol. The molecule has 2 aliphatic heterocycles. The summed E-state index contributed by atoms with van der Waals surface area (Å²) in [5.41, 5.74) is -0.483. The van der Waals surface area contributed by atoms with Gasteiger partial charge in [0.25, 0.3) is 0 Å². The van der Waals surface area contributed by atoms with E-state index < -0.39 is 39.3 Å². The Kier molecular flexibility index (Phi) is 6.21. The summed E-state index contributed by atoms with van der Waals surface area (Å²) in [5.74, 6) is -0.428. The fraction of sp³-hybridized carbons (Fsp3) is 0.435. The van der Waals surface area contributed by atoms with Crippen LogP contribution in [0.5, 0.6) is 0 Å². The number of hydrogen-bond donors (Lipinski definition) is 2. The van der Waals surface area contributed by atoms with Crippen LogP contribution in [0.15, 0.2) is 40.3 Å². The fourth-order valence-electron chi connectivity index (χ4n) is 5.07. The van der Waals surface area contributed by atoms with Crippen molar-refractivity contribution in [2.24, 2.45) is 0 Å². The molecule has 4 heterocycles. The maximum atomic E-state index is 13.9. The third kappa shape index (κ3) is 4.61. The monoisotopic (exact) mass is 529 g/mol.